The highest BCUT2D eigenvalue weighted by molar-refractivity contribution is 5.71. The Morgan fingerprint density at radius 3 is 0.907 bits per heavy atom. The molecule has 0 radical (unpaired) electrons. The van der Waals surface area contributed by atoms with Gasteiger partial charge < -0.3 is 14.2 Å². The van der Waals surface area contributed by atoms with Gasteiger partial charge in [-0.2, -0.15) is 0 Å². The molecule has 0 aromatic carbocycles. The molecule has 0 aromatic heterocycles. The predicted molar refractivity (Wildman–Crippen MR) is 229 cm³/mol. The highest BCUT2D eigenvalue weighted by Gasteiger charge is 2.19. The van der Waals surface area contributed by atoms with Crippen LogP contribution in [0.4, 0.5) is 0 Å². The average molecular weight is 765 g/mol. The Balaban J connectivity index is 4.26. The monoisotopic (exact) mass is 765 g/mol. The molecule has 320 valence electrons. The van der Waals surface area contributed by atoms with Crippen LogP contribution in [0.25, 0.3) is 0 Å². The summed E-state index contributed by atoms with van der Waals surface area (Å²) < 4.78 is 16.7. The lowest BCUT2D eigenvalue weighted by Gasteiger charge is -2.18. The molecule has 0 saturated carbocycles. The fraction of sp³-hybridized carbons (Fsp3) is 0.938. The molecule has 6 heteroatoms. The van der Waals surface area contributed by atoms with Gasteiger partial charge in [0.1, 0.15) is 13.2 Å². The minimum Gasteiger partial charge on any atom is -0.462 e. The lowest BCUT2D eigenvalue weighted by molar-refractivity contribution is -0.167. The average Bonchev–Trinajstić information content (AvgIpc) is 3.15. The fourth-order valence-corrected chi connectivity index (χ4v) is 7.16. The van der Waals surface area contributed by atoms with E-state index in [9.17, 15) is 14.4 Å². The van der Waals surface area contributed by atoms with E-state index in [-0.39, 0.29) is 31.1 Å². The summed E-state index contributed by atoms with van der Waals surface area (Å²) in [7, 11) is 0. The smallest absolute Gasteiger partial charge is 0.306 e. The van der Waals surface area contributed by atoms with E-state index in [0.29, 0.717) is 19.3 Å². The number of ether oxygens (including phenoxy) is 3. The first kappa shape index (κ1) is 52.4. The van der Waals surface area contributed by atoms with Crippen LogP contribution >= 0.6 is 0 Å². The first-order valence-corrected chi connectivity index (χ1v) is 23.9. The number of rotatable bonds is 43. The summed E-state index contributed by atoms with van der Waals surface area (Å²) in [5, 5.41) is 0. The highest BCUT2D eigenvalue weighted by Crippen LogP contribution is 2.16. The van der Waals surface area contributed by atoms with Crippen LogP contribution in [0.2, 0.25) is 0 Å². The lowest BCUT2D eigenvalue weighted by atomic mass is 10.0. The maximum Gasteiger partial charge on any atom is 0.306 e. The number of esters is 3. The molecule has 0 heterocycles. The Kier molecular flexibility index (Phi) is 41.3. The van der Waals surface area contributed by atoms with Crippen molar-refractivity contribution in [3.8, 4) is 0 Å². The first-order chi connectivity index (χ1) is 26.4. The Bertz CT molecular complexity index is 811. The molecule has 1 atom stereocenters. The van der Waals surface area contributed by atoms with Crippen LogP contribution in [-0.2, 0) is 28.6 Å². The predicted octanol–water partition coefficient (Wildman–Crippen LogP) is 15.1. The van der Waals surface area contributed by atoms with Gasteiger partial charge in [0.25, 0.3) is 0 Å². The summed E-state index contributed by atoms with van der Waals surface area (Å²) in [5.74, 6) is -0.0745. The minimum atomic E-state index is -0.759. The van der Waals surface area contributed by atoms with Crippen molar-refractivity contribution >= 4 is 17.9 Å². The Morgan fingerprint density at radius 1 is 0.352 bits per heavy atom. The third-order valence-electron chi connectivity index (χ3n) is 10.8. The first-order valence-electron chi connectivity index (χ1n) is 23.9. The second-order valence-corrected chi connectivity index (χ2v) is 16.9. The topological polar surface area (TPSA) is 78.9 Å². The third-order valence-corrected chi connectivity index (χ3v) is 10.8. The standard InChI is InChI=1S/C48H92O6/c1-5-7-9-11-13-15-16-17-18-19-20-21-22-24-28-33-37-41-48(51)54-45(42-52-46(49)39-35-31-27-23-14-12-10-8-6-2)43-53-47(50)40-36-32-29-25-26-30-34-38-44(3)4/h44-45H,5-43H2,1-4H3/t45-/m0/s1. The summed E-state index contributed by atoms with van der Waals surface area (Å²) in [5.41, 5.74) is 0. The van der Waals surface area contributed by atoms with E-state index in [4.69, 9.17) is 14.2 Å². The largest absolute Gasteiger partial charge is 0.462 e. The zero-order valence-corrected chi connectivity index (χ0v) is 36.7. The van der Waals surface area contributed by atoms with E-state index in [1.807, 2.05) is 0 Å². The van der Waals surface area contributed by atoms with E-state index in [2.05, 4.69) is 27.7 Å². The maximum atomic E-state index is 12.7. The van der Waals surface area contributed by atoms with Crippen LogP contribution in [0.15, 0.2) is 0 Å². The van der Waals surface area contributed by atoms with E-state index in [0.717, 1.165) is 63.7 Å². The summed E-state index contributed by atoms with van der Waals surface area (Å²) in [6, 6.07) is 0. The third kappa shape index (κ3) is 41.6. The number of carbonyl (C=O) groups excluding carboxylic acids is 3. The van der Waals surface area contributed by atoms with Gasteiger partial charge in [-0.3, -0.25) is 14.4 Å². The molecule has 0 rings (SSSR count). The molecule has 54 heavy (non-hydrogen) atoms. The number of hydrogen-bond donors (Lipinski definition) is 0. The van der Waals surface area contributed by atoms with Crippen LogP contribution in [0.1, 0.15) is 265 Å². The van der Waals surface area contributed by atoms with Gasteiger partial charge in [-0.1, -0.05) is 227 Å². The second kappa shape index (κ2) is 42.6. The Morgan fingerprint density at radius 2 is 0.611 bits per heavy atom. The summed E-state index contributed by atoms with van der Waals surface area (Å²) in [6.45, 7) is 8.94. The van der Waals surface area contributed by atoms with E-state index < -0.39 is 6.10 Å². The van der Waals surface area contributed by atoms with Gasteiger partial charge in [0.15, 0.2) is 6.10 Å². The van der Waals surface area contributed by atoms with E-state index in [1.165, 1.54) is 161 Å². The second-order valence-electron chi connectivity index (χ2n) is 16.9. The van der Waals surface area contributed by atoms with Crippen molar-refractivity contribution in [2.75, 3.05) is 13.2 Å². The van der Waals surface area contributed by atoms with Gasteiger partial charge in [0, 0.05) is 19.3 Å². The molecule has 0 N–H and O–H groups in total. The molecule has 6 nitrogen and oxygen atoms in total. The molecule has 0 saturated heterocycles. The Labute approximate surface area is 336 Å². The lowest BCUT2D eigenvalue weighted by Crippen LogP contribution is -2.30. The SMILES string of the molecule is CCCCCCCCCCCCCCCCCCCC(=O)O[C@@H](COC(=O)CCCCCCCCCCC)COC(=O)CCCCCCCCCC(C)C. The summed E-state index contributed by atoms with van der Waals surface area (Å²) in [6.07, 6.45) is 42.4. The van der Waals surface area contributed by atoms with Crippen molar-refractivity contribution in [1.29, 1.82) is 0 Å². The van der Waals surface area contributed by atoms with Crippen LogP contribution in [0, 0.1) is 5.92 Å². The van der Waals surface area contributed by atoms with Crippen molar-refractivity contribution in [3.63, 3.8) is 0 Å². The van der Waals surface area contributed by atoms with E-state index >= 15 is 0 Å². The van der Waals surface area contributed by atoms with Gasteiger partial charge >= 0.3 is 17.9 Å². The van der Waals surface area contributed by atoms with Crippen LogP contribution in [-0.4, -0.2) is 37.2 Å². The molecule has 0 amide bonds. The molecular formula is C48H92O6. The zero-order chi connectivity index (χ0) is 39.6. The molecule has 0 aliphatic rings. The van der Waals surface area contributed by atoms with Crippen LogP contribution in [0.5, 0.6) is 0 Å². The summed E-state index contributed by atoms with van der Waals surface area (Å²) in [4.78, 5) is 37.7. The molecule has 0 aliphatic heterocycles. The summed E-state index contributed by atoms with van der Waals surface area (Å²) >= 11 is 0. The normalized spacial score (nSPS) is 11.9. The number of unbranched alkanes of at least 4 members (excludes halogenated alkanes) is 30. The molecule has 0 bridgehead atoms. The zero-order valence-electron chi connectivity index (χ0n) is 36.7. The van der Waals surface area contributed by atoms with Gasteiger partial charge in [0.05, 0.1) is 0 Å². The molecular weight excluding hydrogens is 673 g/mol. The minimum absolute atomic E-state index is 0.0643. The molecule has 0 aliphatic carbocycles. The molecule has 0 fully saturated rings. The van der Waals surface area contributed by atoms with E-state index in [1.54, 1.807) is 0 Å². The molecule has 0 aromatic rings. The van der Waals surface area contributed by atoms with Crippen molar-refractivity contribution in [2.24, 2.45) is 5.92 Å². The van der Waals surface area contributed by atoms with Gasteiger partial charge in [0.2, 0.25) is 0 Å². The highest BCUT2D eigenvalue weighted by atomic mass is 16.6. The molecule has 0 unspecified atom stereocenters. The molecule has 0 spiro atoms. The van der Waals surface area contributed by atoms with Crippen LogP contribution in [0.3, 0.4) is 0 Å². The maximum absolute atomic E-state index is 12.7. The fourth-order valence-electron chi connectivity index (χ4n) is 7.16. The number of hydrogen-bond acceptors (Lipinski definition) is 6. The van der Waals surface area contributed by atoms with Crippen LogP contribution < -0.4 is 0 Å². The van der Waals surface area contributed by atoms with Crippen molar-refractivity contribution in [1.82, 2.24) is 0 Å². The van der Waals surface area contributed by atoms with Crippen molar-refractivity contribution in [3.05, 3.63) is 0 Å². The quantitative estimate of drug-likeness (QED) is 0.0349. The van der Waals surface area contributed by atoms with Gasteiger partial charge in [-0.15, -0.1) is 0 Å². The Hall–Kier alpha value is -1.59. The van der Waals surface area contributed by atoms with Gasteiger partial charge in [-0.25, -0.2) is 0 Å². The number of carbonyl (C=O) groups is 3. The van der Waals surface area contributed by atoms with Crippen molar-refractivity contribution in [2.45, 2.75) is 271 Å². The van der Waals surface area contributed by atoms with Gasteiger partial charge in [-0.05, 0) is 25.2 Å². The van der Waals surface area contributed by atoms with Crippen molar-refractivity contribution < 1.29 is 28.6 Å².